The molecule has 1 heterocycles. The molecule has 0 spiro atoms. The minimum absolute atomic E-state index is 1.12. The van der Waals surface area contributed by atoms with E-state index in [1.54, 1.807) is 0 Å². The molecule has 2 nitrogen and oxygen atoms in total. The number of aromatic nitrogens is 1. The van der Waals surface area contributed by atoms with Crippen LogP contribution in [0.25, 0.3) is 49.7 Å². The van der Waals surface area contributed by atoms with E-state index in [0.29, 0.717) is 0 Å². The van der Waals surface area contributed by atoms with Gasteiger partial charge in [-0.05, 0) is 89.0 Å². The number of hydrogen-bond acceptors (Lipinski definition) is 1. The fourth-order valence-corrected chi connectivity index (χ4v) is 6.33. The van der Waals surface area contributed by atoms with Crippen LogP contribution in [-0.4, -0.2) is 4.57 Å². The highest BCUT2D eigenvalue weighted by Gasteiger charge is 2.14. The van der Waals surface area contributed by atoms with Crippen molar-refractivity contribution in [3.05, 3.63) is 182 Å². The molecule has 0 fully saturated rings. The normalized spacial score (nSPS) is 11.2. The summed E-state index contributed by atoms with van der Waals surface area (Å²) in [6.45, 7) is 0. The van der Waals surface area contributed by atoms with Crippen LogP contribution < -0.4 is 4.90 Å². The summed E-state index contributed by atoms with van der Waals surface area (Å²) in [5, 5.41) is 2.55. The van der Waals surface area contributed by atoms with Gasteiger partial charge in [-0.2, -0.15) is 0 Å². The average molecular weight is 563 g/mol. The third kappa shape index (κ3) is 4.63. The van der Waals surface area contributed by atoms with Gasteiger partial charge in [-0.25, -0.2) is 0 Å². The molecule has 0 aliphatic heterocycles. The third-order valence-corrected chi connectivity index (χ3v) is 8.35. The largest absolute Gasteiger partial charge is 0.310 e. The van der Waals surface area contributed by atoms with E-state index in [1.807, 2.05) is 0 Å². The maximum atomic E-state index is 2.38. The predicted octanol–water partition coefficient (Wildman–Crippen LogP) is 11.6. The second-order valence-corrected chi connectivity index (χ2v) is 11.1. The van der Waals surface area contributed by atoms with Crippen LogP contribution in [0.3, 0.4) is 0 Å². The van der Waals surface area contributed by atoms with E-state index in [9.17, 15) is 0 Å². The Morgan fingerprint density at radius 2 is 0.750 bits per heavy atom. The molecule has 8 aromatic rings. The first-order valence-electron chi connectivity index (χ1n) is 15.0. The standard InChI is InChI=1S/C42H30N2/c1-3-18-35(19-4-1)43(36-20-5-2-6-21-36)37-22-12-16-33(29-37)31-14-11-15-32(28-31)34-17-13-23-38(30-34)44-41-26-9-7-24-39(41)40-25-8-10-27-42(40)44/h1-30H. The summed E-state index contributed by atoms with van der Waals surface area (Å²) in [6, 6.07) is 65.0. The van der Waals surface area contributed by atoms with Crippen LogP contribution in [-0.2, 0) is 0 Å². The Morgan fingerprint density at radius 3 is 1.34 bits per heavy atom. The van der Waals surface area contributed by atoms with Gasteiger partial charge in [-0.15, -0.1) is 0 Å². The van der Waals surface area contributed by atoms with Gasteiger partial charge >= 0.3 is 0 Å². The van der Waals surface area contributed by atoms with Crippen LogP contribution in [0.15, 0.2) is 182 Å². The van der Waals surface area contributed by atoms with Crippen molar-refractivity contribution in [1.82, 2.24) is 4.57 Å². The molecule has 1 aromatic heterocycles. The van der Waals surface area contributed by atoms with Crippen molar-refractivity contribution in [1.29, 1.82) is 0 Å². The third-order valence-electron chi connectivity index (χ3n) is 8.35. The monoisotopic (exact) mass is 562 g/mol. The van der Waals surface area contributed by atoms with Gasteiger partial charge in [0.15, 0.2) is 0 Å². The highest BCUT2D eigenvalue weighted by atomic mass is 15.1. The SMILES string of the molecule is c1ccc(N(c2ccccc2)c2cccc(-c3cccc(-c4cccc(-n5c6ccccc6c6ccccc65)c4)c3)c2)cc1. The second kappa shape index (κ2) is 11.1. The Balaban J connectivity index is 1.20. The number of rotatable bonds is 6. The average Bonchev–Trinajstić information content (AvgIpc) is 3.44. The number of para-hydroxylation sites is 4. The van der Waals surface area contributed by atoms with E-state index in [-0.39, 0.29) is 0 Å². The van der Waals surface area contributed by atoms with Crippen molar-refractivity contribution in [2.24, 2.45) is 0 Å². The highest BCUT2D eigenvalue weighted by molar-refractivity contribution is 6.09. The topological polar surface area (TPSA) is 8.17 Å². The van der Waals surface area contributed by atoms with Crippen LogP contribution in [0.1, 0.15) is 0 Å². The van der Waals surface area contributed by atoms with Crippen molar-refractivity contribution < 1.29 is 0 Å². The van der Waals surface area contributed by atoms with Gasteiger partial charge in [0.2, 0.25) is 0 Å². The number of fused-ring (bicyclic) bond motifs is 3. The molecular formula is C42H30N2. The summed E-state index contributed by atoms with van der Waals surface area (Å²) >= 11 is 0. The summed E-state index contributed by atoms with van der Waals surface area (Å²) in [5.74, 6) is 0. The van der Waals surface area contributed by atoms with E-state index < -0.39 is 0 Å². The van der Waals surface area contributed by atoms with Crippen molar-refractivity contribution in [3.63, 3.8) is 0 Å². The molecule has 0 aliphatic carbocycles. The summed E-state index contributed by atoms with van der Waals surface area (Å²) in [4.78, 5) is 2.31. The zero-order chi connectivity index (χ0) is 29.3. The minimum atomic E-state index is 1.12. The zero-order valence-electron chi connectivity index (χ0n) is 24.2. The van der Waals surface area contributed by atoms with Gasteiger partial charge < -0.3 is 9.47 Å². The van der Waals surface area contributed by atoms with Crippen LogP contribution in [0.5, 0.6) is 0 Å². The second-order valence-electron chi connectivity index (χ2n) is 11.1. The van der Waals surface area contributed by atoms with Crippen molar-refractivity contribution in [2.75, 3.05) is 4.90 Å². The Morgan fingerprint density at radius 1 is 0.318 bits per heavy atom. The summed E-state index contributed by atoms with van der Waals surface area (Å²) in [7, 11) is 0. The fraction of sp³-hybridized carbons (Fsp3) is 0. The highest BCUT2D eigenvalue weighted by Crippen LogP contribution is 2.37. The molecule has 0 bridgehead atoms. The summed E-state index contributed by atoms with van der Waals surface area (Å²) in [6.07, 6.45) is 0. The molecule has 8 rings (SSSR count). The minimum Gasteiger partial charge on any atom is -0.310 e. The van der Waals surface area contributed by atoms with Gasteiger partial charge in [0.05, 0.1) is 11.0 Å². The molecule has 2 heteroatoms. The van der Waals surface area contributed by atoms with Crippen LogP contribution in [0.2, 0.25) is 0 Å². The zero-order valence-corrected chi connectivity index (χ0v) is 24.2. The predicted molar refractivity (Wildman–Crippen MR) is 186 cm³/mol. The smallest absolute Gasteiger partial charge is 0.0541 e. The number of nitrogens with zero attached hydrogens (tertiary/aromatic N) is 2. The lowest BCUT2D eigenvalue weighted by atomic mass is 9.98. The first-order chi connectivity index (χ1) is 21.8. The lowest BCUT2D eigenvalue weighted by Crippen LogP contribution is -2.09. The number of hydrogen-bond donors (Lipinski definition) is 0. The molecule has 7 aromatic carbocycles. The van der Waals surface area contributed by atoms with Gasteiger partial charge in [-0.1, -0.05) is 115 Å². The van der Waals surface area contributed by atoms with E-state index in [1.165, 1.54) is 44.1 Å². The van der Waals surface area contributed by atoms with E-state index >= 15 is 0 Å². The maximum absolute atomic E-state index is 2.38. The summed E-state index contributed by atoms with van der Waals surface area (Å²) < 4.78 is 2.38. The van der Waals surface area contributed by atoms with E-state index in [0.717, 1.165) is 22.7 Å². The first-order valence-corrected chi connectivity index (χ1v) is 15.0. The lowest BCUT2D eigenvalue weighted by Gasteiger charge is -2.26. The molecule has 44 heavy (non-hydrogen) atoms. The van der Waals surface area contributed by atoms with Crippen molar-refractivity contribution >= 4 is 38.9 Å². The Bertz CT molecular complexity index is 2140. The number of anilines is 3. The summed E-state index contributed by atoms with van der Waals surface area (Å²) in [5.41, 5.74) is 11.7. The lowest BCUT2D eigenvalue weighted by molar-refractivity contribution is 1.18. The molecule has 0 amide bonds. The van der Waals surface area contributed by atoms with Gasteiger partial charge in [-0.3, -0.25) is 0 Å². The van der Waals surface area contributed by atoms with Crippen molar-refractivity contribution in [3.8, 4) is 27.9 Å². The molecule has 0 unspecified atom stereocenters. The van der Waals surface area contributed by atoms with Crippen LogP contribution in [0, 0.1) is 0 Å². The van der Waals surface area contributed by atoms with Crippen molar-refractivity contribution in [2.45, 2.75) is 0 Å². The van der Waals surface area contributed by atoms with E-state index in [4.69, 9.17) is 0 Å². The first kappa shape index (κ1) is 25.8. The maximum Gasteiger partial charge on any atom is 0.0541 e. The molecule has 0 N–H and O–H groups in total. The molecule has 0 saturated heterocycles. The molecular weight excluding hydrogens is 532 g/mol. The fourth-order valence-electron chi connectivity index (χ4n) is 6.33. The quantitative estimate of drug-likeness (QED) is 0.196. The Labute approximate surface area is 257 Å². The van der Waals surface area contributed by atoms with Crippen LogP contribution in [0.4, 0.5) is 17.1 Å². The molecule has 0 atom stereocenters. The molecule has 0 radical (unpaired) electrons. The number of benzene rings is 7. The van der Waals surface area contributed by atoms with Gasteiger partial charge in [0, 0.05) is 33.5 Å². The molecule has 208 valence electrons. The van der Waals surface area contributed by atoms with Crippen LogP contribution >= 0.6 is 0 Å². The Kier molecular flexibility index (Phi) is 6.51. The Hall–Kier alpha value is -5.86. The van der Waals surface area contributed by atoms with E-state index in [2.05, 4.69) is 191 Å². The molecule has 0 aliphatic rings. The molecule has 0 saturated carbocycles. The van der Waals surface area contributed by atoms with Gasteiger partial charge in [0.1, 0.15) is 0 Å². The van der Waals surface area contributed by atoms with Gasteiger partial charge in [0.25, 0.3) is 0 Å².